The number of thiophene rings is 1. The molecular weight excluding hydrogens is 382 g/mol. The molecule has 0 aliphatic heterocycles. The topological polar surface area (TPSA) is 62.3 Å². The SMILES string of the molecule is Cc1cccc(N(C)C(=O)c2sc(NC(=O)c3ccccc3Cl)cc2C)n1. The van der Waals surface area contributed by atoms with Gasteiger partial charge in [-0.05, 0) is 49.7 Å². The van der Waals surface area contributed by atoms with Gasteiger partial charge in [-0.25, -0.2) is 4.98 Å². The van der Waals surface area contributed by atoms with Gasteiger partial charge in [0.05, 0.1) is 20.5 Å². The van der Waals surface area contributed by atoms with Crippen LogP contribution >= 0.6 is 22.9 Å². The molecule has 0 radical (unpaired) electrons. The molecule has 1 N–H and O–H groups in total. The van der Waals surface area contributed by atoms with Crippen molar-refractivity contribution in [2.45, 2.75) is 13.8 Å². The van der Waals surface area contributed by atoms with E-state index in [0.29, 0.717) is 26.3 Å². The van der Waals surface area contributed by atoms with Crippen molar-refractivity contribution in [3.05, 3.63) is 75.3 Å². The van der Waals surface area contributed by atoms with Gasteiger partial charge in [0.15, 0.2) is 0 Å². The molecule has 0 spiro atoms. The number of nitrogens with one attached hydrogen (secondary N) is 1. The molecule has 2 aromatic heterocycles. The highest BCUT2D eigenvalue weighted by molar-refractivity contribution is 7.18. The first kappa shape index (κ1) is 19.1. The van der Waals surface area contributed by atoms with Crippen LogP contribution in [-0.4, -0.2) is 23.8 Å². The van der Waals surface area contributed by atoms with Crippen LogP contribution in [0.4, 0.5) is 10.8 Å². The molecule has 1 aromatic carbocycles. The van der Waals surface area contributed by atoms with E-state index in [1.165, 1.54) is 16.2 Å². The van der Waals surface area contributed by atoms with Gasteiger partial charge in [0.25, 0.3) is 11.8 Å². The number of pyridine rings is 1. The van der Waals surface area contributed by atoms with E-state index in [4.69, 9.17) is 11.6 Å². The molecule has 0 aliphatic carbocycles. The van der Waals surface area contributed by atoms with Crippen LogP contribution in [0.2, 0.25) is 5.02 Å². The van der Waals surface area contributed by atoms with E-state index in [2.05, 4.69) is 10.3 Å². The summed E-state index contributed by atoms with van der Waals surface area (Å²) < 4.78 is 0. The van der Waals surface area contributed by atoms with Gasteiger partial charge in [-0.3, -0.25) is 14.5 Å². The molecule has 3 rings (SSSR count). The lowest BCUT2D eigenvalue weighted by molar-refractivity contribution is 0.0993. The fraction of sp³-hybridized carbons (Fsp3) is 0.150. The number of anilines is 2. The smallest absolute Gasteiger partial charge is 0.269 e. The monoisotopic (exact) mass is 399 g/mol. The van der Waals surface area contributed by atoms with Crippen molar-refractivity contribution < 1.29 is 9.59 Å². The lowest BCUT2D eigenvalue weighted by atomic mass is 10.2. The number of rotatable bonds is 4. The Kier molecular flexibility index (Phi) is 5.58. The minimum Gasteiger partial charge on any atom is -0.313 e. The molecule has 0 fully saturated rings. The van der Waals surface area contributed by atoms with Crippen molar-refractivity contribution in [1.29, 1.82) is 0 Å². The summed E-state index contributed by atoms with van der Waals surface area (Å²) in [5.74, 6) is 0.0952. The fourth-order valence-electron chi connectivity index (χ4n) is 2.55. The Labute approximate surface area is 166 Å². The summed E-state index contributed by atoms with van der Waals surface area (Å²) in [6, 6.07) is 14.1. The second kappa shape index (κ2) is 7.90. The summed E-state index contributed by atoms with van der Waals surface area (Å²) in [7, 11) is 1.69. The molecular formula is C20H18ClN3O2S. The Morgan fingerprint density at radius 1 is 1.11 bits per heavy atom. The zero-order valence-electron chi connectivity index (χ0n) is 15.1. The maximum Gasteiger partial charge on any atom is 0.269 e. The van der Waals surface area contributed by atoms with Crippen LogP contribution in [0, 0.1) is 13.8 Å². The third-order valence-electron chi connectivity index (χ3n) is 3.99. The minimum atomic E-state index is -0.311. The van der Waals surface area contributed by atoms with Gasteiger partial charge >= 0.3 is 0 Å². The van der Waals surface area contributed by atoms with Crippen molar-refractivity contribution in [3.63, 3.8) is 0 Å². The van der Waals surface area contributed by atoms with Gasteiger partial charge in [0.1, 0.15) is 5.82 Å². The molecule has 7 heteroatoms. The van der Waals surface area contributed by atoms with Gasteiger partial charge in [-0.2, -0.15) is 0 Å². The van der Waals surface area contributed by atoms with Crippen molar-refractivity contribution in [3.8, 4) is 0 Å². The molecule has 5 nitrogen and oxygen atoms in total. The van der Waals surface area contributed by atoms with Crippen molar-refractivity contribution in [2.75, 3.05) is 17.3 Å². The highest BCUT2D eigenvalue weighted by Gasteiger charge is 2.21. The highest BCUT2D eigenvalue weighted by Crippen LogP contribution is 2.29. The average Bonchev–Trinajstić information content (AvgIpc) is 3.00. The number of hydrogen-bond acceptors (Lipinski definition) is 4. The molecule has 0 saturated heterocycles. The van der Waals surface area contributed by atoms with Crippen LogP contribution in [-0.2, 0) is 0 Å². The molecule has 0 aliphatic rings. The van der Waals surface area contributed by atoms with Crippen LogP contribution in [0.1, 0.15) is 31.3 Å². The summed E-state index contributed by atoms with van der Waals surface area (Å²) in [6.45, 7) is 3.72. The van der Waals surface area contributed by atoms with Crippen LogP contribution < -0.4 is 10.2 Å². The number of carbonyl (C=O) groups is 2. The number of benzene rings is 1. The highest BCUT2D eigenvalue weighted by atomic mass is 35.5. The molecule has 2 amide bonds. The Morgan fingerprint density at radius 2 is 1.85 bits per heavy atom. The first-order valence-electron chi connectivity index (χ1n) is 8.25. The summed E-state index contributed by atoms with van der Waals surface area (Å²) in [6.07, 6.45) is 0. The largest absolute Gasteiger partial charge is 0.313 e. The number of nitrogens with zero attached hydrogens (tertiary/aromatic N) is 2. The molecule has 0 saturated carbocycles. The second-order valence-corrected chi connectivity index (χ2v) is 7.52. The number of hydrogen-bond donors (Lipinski definition) is 1. The molecule has 0 atom stereocenters. The Morgan fingerprint density at radius 3 is 2.56 bits per heavy atom. The Bertz CT molecular complexity index is 1020. The third kappa shape index (κ3) is 4.18. The summed E-state index contributed by atoms with van der Waals surface area (Å²) >= 11 is 7.30. The van der Waals surface area contributed by atoms with Gasteiger partial charge in [-0.15, -0.1) is 11.3 Å². The predicted octanol–water partition coefficient (Wildman–Crippen LogP) is 4.94. The molecule has 0 unspecified atom stereocenters. The van der Waals surface area contributed by atoms with E-state index < -0.39 is 0 Å². The van der Waals surface area contributed by atoms with Gasteiger partial charge in [-0.1, -0.05) is 29.8 Å². The Hall–Kier alpha value is -2.70. The maximum atomic E-state index is 12.9. The molecule has 3 aromatic rings. The van der Waals surface area contributed by atoms with E-state index in [9.17, 15) is 9.59 Å². The van der Waals surface area contributed by atoms with Crippen LogP contribution in [0.15, 0.2) is 48.5 Å². The van der Waals surface area contributed by atoms with Crippen molar-refractivity contribution in [2.24, 2.45) is 0 Å². The normalized spacial score (nSPS) is 10.5. The van der Waals surface area contributed by atoms with Crippen molar-refractivity contribution in [1.82, 2.24) is 4.98 Å². The first-order chi connectivity index (χ1) is 12.9. The third-order valence-corrected chi connectivity index (χ3v) is 5.46. The van der Waals surface area contributed by atoms with Gasteiger partial charge < -0.3 is 5.32 Å². The zero-order chi connectivity index (χ0) is 19.6. The first-order valence-corrected chi connectivity index (χ1v) is 9.44. The van der Waals surface area contributed by atoms with Crippen LogP contribution in [0.3, 0.4) is 0 Å². The van der Waals surface area contributed by atoms with Crippen LogP contribution in [0.25, 0.3) is 0 Å². The predicted molar refractivity (Wildman–Crippen MR) is 110 cm³/mol. The van der Waals surface area contributed by atoms with Gasteiger partial charge in [0.2, 0.25) is 0 Å². The number of aryl methyl sites for hydroxylation is 2. The summed E-state index contributed by atoms with van der Waals surface area (Å²) in [5, 5.41) is 3.78. The summed E-state index contributed by atoms with van der Waals surface area (Å²) in [5.41, 5.74) is 2.01. The number of amides is 2. The standard InChI is InChI=1S/C20H18ClN3O2S/c1-12-11-17(23-19(25)14-8-4-5-9-15(14)21)27-18(12)20(26)24(3)16-10-6-7-13(2)22-16/h4-11H,1-3H3,(H,23,25). The van der Waals surface area contributed by atoms with Crippen LogP contribution in [0.5, 0.6) is 0 Å². The maximum absolute atomic E-state index is 12.9. The zero-order valence-corrected chi connectivity index (χ0v) is 16.7. The quantitative estimate of drug-likeness (QED) is 0.675. The number of aromatic nitrogens is 1. The minimum absolute atomic E-state index is 0.172. The number of halogens is 1. The summed E-state index contributed by atoms with van der Waals surface area (Å²) in [4.78, 5) is 31.7. The van der Waals surface area contributed by atoms with E-state index in [-0.39, 0.29) is 11.8 Å². The van der Waals surface area contributed by atoms with Crippen molar-refractivity contribution >= 4 is 45.6 Å². The average molecular weight is 400 g/mol. The fourth-order valence-corrected chi connectivity index (χ4v) is 3.82. The van der Waals surface area contributed by atoms with E-state index in [1.54, 1.807) is 43.4 Å². The molecule has 27 heavy (non-hydrogen) atoms. The molecule has 138 valence electrons. The Balaban J connectivity index is 1.81. The van der Waals surface area contributed by atoms with Gasteiger partial charge in [0, 0.05) is 12.7 Å². The van der Waals surface area contributed by atoms with E-state index in [0.717, 1.165) is 11.3 Å². The second-order valence-electron chi connectivity index (χ2n) is 6.06. The van der Waals surface area contributed by atoms with E-state index >= 15 is 0 Å². The number of carbonyl (C=O) groups excluding carboxylic acids is 2. The lowest BCUT2D eigenvalue weighted by Gasteiger charge is -2.16. The molecule has 2 heterocycles. The molecule has 0 bridgehead atoms. The lowest BCUT2D eigenvalue weighted by Crippen LogP contribution is -2.26. The van der Waals surface area contributed by atoms with E-state index in [1.807, 2.05) is 26.0 Å².